The molecule has 3 rings (SSSR count). The standard InChI is InChI=1S/C19H29N3O2/c1-20-11-13-21(14-12-20)15-16-24-19(23)22-9-7-18(8-10-22)17-5-3-2-4-6-17/h2-6,18H,7-16H2,1H3. The highest BCUT2D eigenvalue weighted by molar-refractivity contribution is 5.67. The quantitative estimate of drug-likeness (QED) is 0.848. The molecule has 0 saturated carbocycles. The summed E-state index contributed by atoms with van der Waals surface area (Å²) >= 11 is 0. The van der Waals surface area contributed by atoms with Gasteiger partial charge in [-0.25, -0.2) is 4.79 Å². The zero-order chi connectivity index (χ0) is 16.8. The average molecular weight is 331 g/mol. The number of benzene rings is 1. The number of piperazine rings is 1. The monoisotopic (exact) mass is 331 g/mol. The minimum Gasteiger partial charge on any atom is -0.448 e. The molecule has 0 N–H and O–H groups in total. The van der Waals surface area contributed by atoms with Crippen molar-refractivity contribution in [2.75, 3.05) is 59.5 Å². The van der Waals surface area contributed by atoms with Crippen molar-refractivity contribution in [1.29, 1.82) is 0 Å². The molecule has 0 bridgehead atoms. The Morgan fingerprint density at radius 1 is 1.04 bits per heavy atom. The number of carbonyl (C=O) groups excluding carboxylic acids is 1. The fourth-order valence-corrected chi connectivity index (χ4v) is 3.55. The highest BCUT2D eigenvalue weighted by Gasteiger charge is 2.24. The van der Waals surface area contributed by atoms with Crippen molar-refractivity contribution in [3.8, 4) is 0 Å². The van der Waals surface area contributed by atoms with Gasteiger partial charge in [0, 0.05) is 45.8 Å². The third-order valence-corrected chi connectivity index (χ3v) is 5.25. The van der Waals surface area contributed by atoms with E-state index in [0.29, 0.717) is 12.5 Å². The molecule has 0 spiro atoms. The van der Waals surface area contributed by atoms with Gasteiger partial charge in [-0.1, -0.05) is 30.3 Å². The van der Waals surface area contributed by atoms with Crippen LogP contribution >= 0.6 is 0 Å². The van der Waals surface area contributed by atoms with Gasteiger partial charge in [-0.15, -0.1) is 0 Å². The molecule has 5 nitrogen and oxygen atoms in total. The van der Waals surface area contributed by atoms with Crippen LogP contribution in [0, 0.1) is 0 Å². The maximum atomic E-state index is 12.2. The molecule has 24 heavy (non-hydrogen) atoms. The Morgan fingerprint density at radius 2 is 1.71 bits per heavy atom. The summed E-state index contributed by atoms with van der Waals surface area (Å²) in [6, 6.07) is 10.6. The lowest BCUT2D eigenvalue weighted by atomic mass is 9.90. The predicted octanol–water partition coefficient (Wildman–Crippen LogP) is 2.25. The van der Waals surface area contributed by atoms with E-state index in [1.54, 1.807) is 0 Å². The number of carbonyl (C=O) groups is 1. The van der Waals surface area contributed by atoms with Crippen molar-refractivity contribution in [3.63, 3.8) is 0 Å². The molecule has 2 aliphatic heterocycles. The van der Waals surface area contributed by atoms with Gasteiger partial charge < -0.3 is 14.5 Å². The van der Waals surface area contributed by atoms with Crippen LogP contribution in [-0.2, 0) is 4.74 Å². The molecular weight excluding hydrogens is 302 g/mol. The van der Waals surface area contributed by atoms with Crippen molar-refractivity contribution in [2.45, 2.75) is 18.8 Å². The summed E-state index contributed by atoms with van der Waals surface area (Å²) in [6.45, 7) is 7.27. The number of hydrogen-bond donors (Lipinski definition) is 0. The van der Waals surface area contributed by atoms with Crippen LogP contribution in [0.1, 0.15) is 24.3 Å². The molecule has 2 aliphatic rings. The average Bonchev–Trinajstić information content (AvgIpc) is 2.64. The van der Waals surface area contributed by atoms with Gasteiger partial charge >= 0.3 is 6.09 Å². The number of piperidine rings is 1. The van der Waals surface area contributed by atoms with Crippen LogP contribution in [0.5, 0.6) is 0 Å². The molecule has 2 heterocycles. The van der Waals surface area contributed by atoms with Crippen molar-refractivity contribution in [1.82, 2.24) is 14.7 Å². The molecule has 5 heteroatoms. The summed E-state index contributed by atoms with van der Waals surface area (Å²) in [6.07, 6.45) is 1.91. The van der Waals surface area contributed by atoms with Gasteiger partial charge in [0.1, 0.15) is 6.61 Å². The van der Waals surface area contributed by atoms with Crippen LogP contribution in [0.25, 0.3) is 0 Å². The van der Waals surface area contributed by atoms with Crippen molar-refractivity contribution in [2.24, 2.45) is 0 Å². The van der Waals surface area contributed by atoms with Gasteiger partial charge in [0.2, 0.25) is 0 Å². The molecule has 0 aromatic heterocycles. The van der Waals surface area contributed by atoms with E-state index in [2.05, 4.69) is 47.2 Å². The van der Waals surface area contributed by atoms with Crippen molar-refractivity contribution >= 4 is 6.09 Å². The first-order valence-electron chi connectivity index (χ1n) is 9.10. The third kappa shape index (κ3) is 4.71. The molecule has 2 fully saturated rings. The minimum atomic E-state index is -0.143. The first-order valence-corrected chi connectivity index (χ1v) is 9.10. The molecule has 132 valence electrons. The lowest BCUT2D eigenvalue weighted by Crippen LogP contribution is -2.46. The first-order chi connectivity index (χ1) is 11.7. The van der Waals surface area contributed by atoms with E-state index in [-0.39, 0.29) is 6.09 Å². The number of nitrogens with zero attached hydrogens (tertiary/aromatic N) is 3. The molecule has 1 aromatic carbocycles. The lowest BCUT2D eigenvalue weighted by Gasteiger charge is -2.33. The predicted molar refractivity (Wildman–Crippen MR) is 95.3 cm³/mol. The summed E-state index contributed by atoms with van der Waals surface area (Å²) in [5, 5.41) is 0. The first kappa shape index (κ1) is 17.2. The SMILES string of the molecule is CN1CCN(CCOC(=O)N2CCC(c3ccccc3)CC2)CC1. The maximum Gasteiger partial charge on any atom is 0.409 e. The molecule has 0 aliphatic carbocycles. The third-order valence-electron chi connectivity index (χ3n) is 5.25. The van der Waals surface area contributed by atoms with Gasteiger partial charge in [-0.2, -0.15) is 0 Å². The second-order valence-corrected chi connectivity index (χ2v) is 6.93. The minimum absolute atomic E-state index is 0.143. The Labute approximate surface area is 145 Å². The van der Waals surface area contributed by atoms with Crippen molar-refractivity contribution in [3.05, 3.63) is 35.9 Å². The smallest absolute Gasteiger partial charge is 0.409 e. The van der Waals surface area contributed by atoms with E-state index < -0.39 is 0 Å². The fourth-order valence-electron chi connectivity index (χ4n) is 3.55. The van der Waals surface area contributed by atoms with Crippen LogP contribution < -0.4 is 0 Å². The van der Waals surface area contributed by atoms with E-state index in [4.69, 9.17) is 4.74 Å². The van der Waals surface area contributed by atoms with Crippen molar-refractivity contribution < 1.29 is 9.53 Å². The highest BCUT2D eigenvalue weighted by atomic mass is 16.6. The number of rotatable bonds is 4. The van der Waals surface area contributed by atoms with E-state index in [1.165, 1.54) is 5.56 Å². The van der Waals surface area contributed by atoms with Gasteiger partial charge in [0.15, 0.2) is 0 Å². The van der Waals surface area contributed by atoms with Crippen LogP contribution in [0.4, 0.5) is 4.79 Å². The zero-order valence-electron chi connectivity index (χ0n) is 14.7. The maximum absolute atomic E-state index is 12.2. The molecule has 0 radical (unpaired) electrons. The largest absolute Gasteiger partial charge is 0.448 e. The molecule has 1 amide bonds. The Bertz CT molecular complexity index is 507. The topological polar surface area (TPSA) is 36.0 Å². The van der Waals surface area contributed by atoms with Crippen LogP contribution in [0.15, 0.2) is 30.3 Å². The van der Waals surface area contributed by atoms with Gasteiger partial charge in [-0.3, -0.25) is 4.90 Å². The fraction of sp³-hybridized carbons (Fsp3) is 0.632. The molecular formula is C19H29N3O2. The number of likely N-dealkylation sites (tertiary alicyclic amines) is 1. The summed E-state index contributed by atoms with van der Waals surface area (Å²) in [7, 11) is 2.15. The Kier molecular flexibility index (Phi) is 6.10. The molecule has 1 aromatic rings. The summed E-state index contributed by atoms with van der Waals surface area (Å²) in [4.78, 5) is 18.8. The second-order valence-electron chi connectivity index (χ2n) is 6.93. The Balaban J connectivity index is 1.35. The molecule has 0 atom stereocenters. The lowest BCUT2D eigenvalue weighted by molar-refractivity contribution is 0.0731. The second kappa shape index (κ2) is 8.49. The van der Waals surface area contributed by atoms with Gasteiger partial charge in [0.05, 0.1) is 0 Å². The summed E-state index contributed by atoms with van der Waals surface area (Å²) in [5.41, 5.74) is 1.39. The Morgan fingerprint density at radius 3 is 2.38 bits per heavy atom. The summed E-state index contributed by atoms with van der Waals surface area (Å²) in [5.74, 6) is 0.570. The van der Waals surface area contributed by atoms with E-state index in [9.17, 15) is 4.79 Å². The Hall–Kier alpha value is -1.59. The molecule has 0 unspecified atom stereocenters. The highest BCUT2D eigenvalue weighted by Crippen LogP contribution is 2.27. The van der Waals surface area contributed by atoms with Crippen LogP contribution in [0.2, 0.25) is 0 Å². The van der Waals surface area contributed by atoms with Crippen LogP contribution in [0.3, 0.4) is 0 Å². The number of amides is 1. The van der Waals surface area contributed by atoms with E-state index >= 15 is 0 Å². The number of hydrogen-bond acceptors (Lipinski definition) is 4. The van der Waals surface area contributed by atoms with E-state index in [1.807, 2.05) is 4.90 Å². The van der Waals surface area contributed by atoms with E-state index in [0.717, 1.165) is 58.7 Å². The molecule has 2 saturated heterocycles. The zero-order valence-corrected chi connectivity index (χ0v) is 14.7. The van der Waals surface area contributed by atoms with Gasteiger partial charge in [-0.05, 0) is 31.4 Å². The normalized spacial score (nSPS) is 21.0. The van der Waals surface area contributed by atoms with Crippen LogP contribution in [-0.4, -0.2) is 80.3 Å². The van der Waals surface area contributed by atoms with Gasteiger partial charge in [0.25, 0.3) is 0 Å². The summed E-state index contributed by atoms with van der Waals surface area (Å²) < 4.78 is 5.48. The number of likely N-dealkylation sites (N-methyl/N-ethyl adjacent to an activating group) is 1. The number of ether oxygens (including phenoxy) is 1.